The van der Waals surface area contributed by atoms with Gasteiger partial charge >= 0.3 is 0 Å². The van der Waals surface area contributed by atoms with Crippen LogP contribution in [0, 0.1) is 5.92 Å². The molecule has 0 bridgehead atoms. The number of hydrogen-bond donors (Lipinski definition) is 3. The summed E-state index contributed by atoms with van der Waals surface area (Å²) in [5.41, 5.74) is 3.53. The highest BCUT2D eigenvalue weighted by atomic mass is 16.6. The van der Waals surface area contributed by atoms with Gasteiger partial charge in [0, 0.05) is 23.6 Å². The van der Waals surface area contributed by atoms with Crippen molar-refractivity contribution in [3.8, 4) is 5.75 Å². The van der Waals surface area contributed by atoms with E-state index in [1.807, 2.05) is 24.3 Å². The molecule has 0 saturated heterocycles. The molecule has 0 spiro atoms. The number of ether oxygens (including phenoxy) is 1. The van der Waals surface area contributed by atoms with E-state index >= 15 is 0 Å². The van der Waals surface area contributed by atoms with Crippen LogP contribution in [0.5, 0.6) is 5.75 Å². The van der Waals surface area contributed by atoms with Crippen molar-refractivity contribution in [2.45, 2.75) is 25.7 Å². The summed E-state index contributed by atoms with van der Waals surface area (Å²) in [4.78, 5) is 25.0. The molecule has 6 nitrogen and oxygen atoms in total. The zero-order valence-corrected chi connectivity index (χ0v) is 14.2. The average molecular weight is 352 g/mol. The molecule has 0 saturated carbocycles. The number of rotatable bonds is 2. The second-order valence-corrected chi connectivity index (χ2v) is 6.72. The Balaban J connectivity index is 1.45. The lowest BCUT2D eigenvalue weighted by atomic mass is 10.0. The Labute approximate surface area is 151 Å². The second kappa shape index (κ2) is 6.90. The number of carbonyl (C=O) groups is 2. The number of nitrogens with one attached hydrogen (secondary N) is 2. The van der Waals surface area contributed by atoms with Gasteiger partial charge < -0.3 is 15.2 Å². The Morgan fingerprint density at radius 3 is 2.54 bits per heavy atom. The summed E-state index contributed by atoms with van der Waals surface area (Å²) in [6, 6.07) is 13.0. The van der Waals surface area contributed by atoms with Crippen LogP contribution in [0.1, 0.15) is 27.0 Å². The number of aliphatic hydroxyl groups is 1. The van der Waals surface area contributed by atoms with Gasteiger partial charge in [-0.25, -0.2) is 0 Å². The van der Waals surface area contributed by atoms with Crippen LogP contribution < -0.4 is 15.4 Å². The van der Waals surface area contributed by atoms with Crippen molar-refractivity contribution >= 4 is 11.8 Å². The van der Waals surface area contributed by atoms with Crippen LogP contribution in [0.25, 0.3) is 0 Å². The lowest BCUT2D eigenvalue weighted by Crippen LogP contribution is -2.36. The van der Waals surface area contributed by atoms with Crippen LogP contribution in [-0.4, -0.2) is 29.8 Å². The van der Waals surface area contributed by atoms with E-state index in [1.165, 1.54) is 11.1 Å². The third kappa shape index (κ3) is 3.34. The molecule has 0 aromatic heterocycles. The number of benzene rings is 2. The van der Waals surface area contributed by atoms with Crippen molar-refractivity contribution in [2.24, 2.45) is 5.92 Å². The molecule has 2 aliphatic rings. The minimum absolute atomic E-state index is 0.223. The van der Waals surface area contributed by atoms with Crippen LogP contribution in [0.2, 0.25) is 0 Å². The molecule has 2 aromatic carbocycles. The number of carbonyl (C=O) groups excluding carboxylic acids is 2. The van der Waals surface area contributed by atoms with Gasteiger partial charge in [-0.3, -0.25) is 14.9 Å². The average Bonchev–Trinajstić information content (AvgIpc) is 2.98. The molecule has 1 heterocycles. The molecule has 0 radical (unpaired) electrons. The summed E-state index contributed by atoms with van der Waals surface area (Å²) in [6.07, 6.45) is 0.342. The normalized spacial score (nSPS) is 19.0. The molecule has 1 aliphatic carbocycles. The molecule has 26 heavy (non-hydrogen) atoms. The summed E-state index contributed by atoms with van der Waals surface area (Å²) in [6.45, 7) is 0.866. The fraction of sp³-hybridized carbons (Fsp3) is 0.300. The van der Waals surface area contributed by atoms with E-state index in [-0.39, 0.29) is 11.8 Å². The zero-order valence-electron chi connectivity index (χ0n) is 14.2. The Bertz CT molecular complexity index is 840. The molecule has 3 N–H and O–H groups in total. The Morgan fingerprint density at radius 1 is 1.08 bits per heavy atom. The number of imide groups is 1. The van der Waals surface area contributed by atoms with Crippen molar-refractivity contribution in [2.75, 3.05) is 6.54 Å². The summed E-state index contributed by atoms with van der Waals surface area (Å²) < 4.78 is 5.42. The van der Waals surface area contributed by atoms with Crippen LogP contribution in [-0.2, 0) is 24.2 Å². The van der Waals surface area contributed by atoms with E-state index in [0.717, 1.165) is 5.56 Å². The number of aliphatic hydroxyl groups excluding tert-OH is 1. The van der Waals surface area contributed by atoms with Gasteiger partial charge in [-0.2, -0.15) is 0 Å². The van der Waals surface area contributed by atoms with Crippen molar-refractivity contribution in [3.05, 3.63) is 64.7 Å². The topological polar surface area (TPSA) is 87.7 Å². The molecule has 6 heteroatoms. The molecule has 134 valence electrons. The van der Waals surface area contributed by atoms with E-state index in [2.05, 4.69) is 10.6 Å². The number of hydrogen-bond acceptors (Lipinski definition) is 5. The standard InChI is InChI=1S/C20H20N2O4/c23-18-11-21-10-15-6-5-14(9-17(15)26-18)19(24)22-20(25)16-7-12-3-1-2-4-13(12)8-16/h1-6,9,16,18,21,23H,7-8,10-11H2,(H,22,24,25). The molecule has 2 amide bonds. The summed E-state index contributed by atoms with van der Waals surface area (Å²) in [7, 11) is 0. The van der Waals surface area contributed by atoms with Crippen molar-refractivity contribution in [1.82, 2.24) is 10.6 Å². The first-order valence-corrected chi connectivity index (χ1v) is 8.70. The van der Waals surface area contributed by atoms with E-state index in [0.29, 0.717) is 37.2 Å². The fourth-order valence-corrected chi connectivity index (χ4v) is 3.50. The first-order chi connectivity index (χ1) is 12.6. The second-order valence-electron chi connectivity index (χ2n) is 6.72. The molecular weight excluding hydrogens is 332 g/mol. The molecule has 2 aromatic rings. The monoisotopic (exact) mass is 352 g/mol. The van der Waals surface area contributed by atoms with E-state index < -0.39 is 12.2 Å². The first kappa shape index (κ1) is 16.8. The van der Waals surface area contributed by atoms with Gasteiger partial charge in [-0.15, -0.1) is 0 Å². The first-order valence-electron chi connectivity index (χ1n) is 8.70. The molecule has 1 aliphatic heterocycles. The van der Waals surface area contributed by atoms with Crippen LogP contribution in [0.3, 0.4) is 0 Å². The minimum Gasteiger partial charge on any atom is -0.463 e. The molecule has 4 rings (SSSR count). The molecule has 1 atom stereocenters. The zero-order chi connectivity index (χ0) is 18.1. The lowest BCUT2D eigenvalue weighted by Gasteiger charge is -2.13. The Morgan fingerprint density at radius 2 is 1.81 bits per heavy atom. The van der Waals surface area contributed by atoms with E-state index in [9.17, 15) is 14.7 Å². The third-order valence-electron chi connectivity index (χ3n) is 4.89. The predicted octanol–water partition coefficient (Wildman–Crippen LogP) is 1.16. The lowest BCUT2D eigenvalue weighted by molar-refractivity contribution is -0.123. The number of amides is 2. The molecule has 0 fully saturated rings. The van der Waals surface area contributed by atoms with Gasteiger partial charge in [0.05, 0.1) is 6.54 Å². The maximum absolute atomic E-state index is 12.5. The van der Waals surface area contributed by atoms with Crippen LogP contribution >= 0.6 is 0 Å². The summed E-state index contributed by atoms with van der Waals surface area (Å²) >= 11 is 0. The van der Waals surface area contributed by atoms with Gasteiger partial charge in [0.1, 0.15) is 5.75 Å². The minimum atomic E-state index is -0.965. The van der Waals surface area contributed by atoms with Crippen LogP contribution in [0.15, 0.2) is 42.5 Å². The third-order valence-corrected chi connectivity index (χ3v) is 4.89. The van der Waals surface area contributed by atoms with Gasteiger partial charge in [0.15, 0.2) is 0 Å². The summed E-state index contributed by atoms with van der Waals surface area (Å²) in [5.74, 6) is -0.483. The molecule has 1 unspecified atom stereocenters. The quantitative estimate of drug-likeness (QED) is 0.706. The number of fused-ring (bicyclic) bond motifs is 2. The largest absolute Gasteiger partial charge is 0.463 e. The molecular formula is C20H20N2O4. The highest BCUT2D eigenvalue weighted by Gasteiger charge is 2.28. The fourth-order valence-electron chi connectivity index (χ4n) is 3.50. The summed E-state index contributed by atoms with van der Waals surface area (Å²) in [5, 5.41) is 15.2. The highest BCUT2D eigenvalue weighted by Crippen LogP contribution is 2.27. The van der Waals surface area contributed by atoms with E-state index in [4.69, 9.17) is 4.74 Å². The highest BCUT2D eigenvalue weighted by molar-refractivity contribution is 6.05. The predicted molar refractivity (Wildman–Crippen MR) is 94.6 cm³/mol. The Kier molecular flexibility index (Phi) is 4.44. The Hall–Kier alpha value is -2.70. The van der Waals surface area contributed by atoms with Gasteiger partial charge in [-0.1, -0.05) is 30.3 Å². The smallest absolute Gasteiger partial charge is 0.257 e. The number of β-amino-alcohol motifs (C(OH)–C–C–N with tert-alkyl or cyclic N) is 1. The maximum Gasteiger partial charge on any atom is 0.257 e. The van der Waals surface area contributed by atoms with Gasteiger partial charge in [0.25, 0.3) is 5.91 Å². The van der Waals surface area contributed by atoms with Gasteiger partial charge in [-0.05, 0) is 36.1 Å². The van der Waals surface area contributed by atoms with E-state index in [1.54, 1.807) is 18.2 Å². The van der Waals surface area contributed by atoms with Crippen molar-refractivity contribution < 1.29 is 19.4 Å². The van der Waals surface area contributed by atoms with Crippen molar-refractivity contribution in [3.63, 3.8) is 0 Å². The van der Waals surface area contributed by atoms with Crippen molar-refractivity contribution in [1.29, 1.82) is 0 Å². The van der Waals surface area contributed by atoms with Gasteiger partial charge in [0.2, 0.25) is 12.2 Å². The maximum atomic E-state index is 12.5. The SMILES string of the molecule is O=C(NC(=O)C1Cc2ccccc2C1)c1ccc2c(c1)OC(O)CNC2. The van der Waals surface area contributed by atoms with Crippen LogP contribution in [0.4, 0.5) is 0 Å².